The standard InChI is InChI=1S/C24H34N6O2/c1-19(16-20-6-5-11-25-17-20)26-23(31)18-32-24-10-9-22(27-28-24)30-14-12-29(13-15-30)21-7-3-2-4-8-21/h5-6,9-11,17,19,21H,2-4,7-8,12-16,18H2,1H3,(H,26,31). The second kappa shape index (κ2) is 11.2. The van der Waals surface area contributed by atoms with Gasteiger partial charge in [-0.25, -0.2) is 0 Å². The molecule has 2 aromatic rings. The van der Waals surface area contributed by atoms with E-state index in [9.17, 15) is 4.79 Å². The second-order valence-corrected chi connectivity index (χ2v) is 8.87. The molecule has 1 atom stereocenters. The topological polar surface area (TPSA) is 83.5 Å². The summed E-state index contributed by atoms with van der Waals surface area (Å²) in [5, 5.41) is 11.4. The quantitative estimate of drug-likeness (QED) is 0.678. The fraction of sp³-hybridized carbons (Fsp3) is 0.583. The molecule has 0 aromatic carbocycles. The molecule has 0 radical (unpaired) electrons. The number of carbonyl (C=O) groups is 1. The van der Waals surface area contributed by atoms with E-state index in [1.165, 1.54) is 32.1 Å². The van der Waals surface area contributed by atoms with Gasteiger partial charge in [-0.05, 0) is 43.9 Å². The lowest BCUT2D eigenvalue weighted by Gasteiger charge is -2.41. The molecule has 0 bridgehead atoms. The average molecular weight is 439 g/mol. The number of hydrogen-bond acceptors (Lipinski definition) is 7. The number of carbonyl (C=O) groups excluding carboxylic acids is 1. The van der Waals surface area contributed by atoms with Gasteiger partial charge in [0, 0.05) is 56.7 Å². The number of anilines is 1. The molecular weight excluding hydrogens is 404 g/mol. The molecule has 0 spiro atoms. The van der Waals surface area contributed by atoms with Crippen LogP contribution < -0.4 is 15.0 Å². The van der Waals surface area contributed by atoms with Gasteiger partial charge in [-0.2, -0.15) is 0 Å². The normalized spacial score (nSPS) is 18.8. The van der Waals surface area contributed by atoms with Crippen LogP contribution in [0.2, 0.25) is 0 Å². The number of ether oxygens (including phenoxy) is 1. The fourth-order valence-electron chi connectivity index (χ4n) is 4.70. The van der Waals surface area contributed by atoms with Gasteiger partial charge in [0.1, 0.15) is 0 Å². The monoisotopic (exact) mass is 438 g/mol. The summed E-state index contributed by atoms with van der Waals surface area (Å²) < 4.78 is 5.53. The largest absolute Gasteiger partial charge is 0.466 e. The minimum absolute atomic E-state index is 0.00367. The Morgan fingerprint density at radius 1 is 1.12 bits per heavy atom. The first-order valence-corrected chi connectivity index (χ1v) is 11.8. The van der Waals surface area contributed by atoms with Crippen LogP contribution in [0.1, 0.15) is 44.6 Å². The number of nitrogens with zero attached hydrogens (tertiary/aromatic N) is 5. The average Bonchev–Trinajstić information content (AvgIpc) is 2.84. The lowest BCUT2D eigenvalue weighted by atomic mass is 9.94. The lowest BCUT2D eigenvalue weighted by Crippen LogP contribution is -2.51. The smallest absolute Gasteiger partial charge is 0.258 e. The molecule has 4 rings (SSSR count). The van der Waals surface area contributed by atoms with Gasteiger partial charge in [0.2, 0.25) is 5.88 Å². The van der Waals surface area contributed by atoms with Crippen molar-refractivity contribution in [3.8, 4) is 5.88 Å². The van der Waals surface area contributed by atoms with Crippen molar-refractivity contribution in [3.63, 3.8) is 0 Å². The van der Waals surface area contributed by atoms with Crippen molar-refractivity contribution in [1.29, 1.82) is 0 Å². The van der Waals surface area contributed by atoms with Crippen molar-refractivity contribution in [2.24, 2.45) is 0 Å². The minimum Gasteiger partial charge on any atom is -0.466 e. The highest BCUT2D eigenvalue weighted by Crippen LogP contribution is 2.24. The summed E-state index contributed by atoms with van der Waals surface area (Å²) >= 11 is 0. The van der Waals surface area contributed by atoms with Crippen LogP contribution in [0, 0.1) is 0 Å². The summed E-state index contributed by atoms with van der Waals surface area (Å²) in [6.07, 6.45) is 11.1. The predicted molar refractivity (Wildman–Crippen MR) is 124 cm³/mol. The molecule has 172 valence electrons. The van der Waals surface area contributed by atoms with E-state index in [2.05, 4.69) is 30.3 Å². The third-order valence-corrected chi connectivity index (χ3v) is 6.38. The summed E-state index contributed by atoms with van der Waals surface area (Å²) in [6.45, 7) is 6.01. The van der Waals surface area contributed by atoms with Crippen LogP contribution in [-0.2, 0) is 11.2 Å². The maximum absolute atomic E-state index is 12.2. The summed E-state index contributed by atoms with van der Waals surface area (Å²) in [4.78, 5) is 21.2. The van der Waals surface area contributed by atoms with Crippen LogP contribution in [0.25, 0.3) is 0 Å². The number of aromatic nitrogens is 3. The highest BCUT2D eigenvalue weighted by Gasteiger charge is 2.25. The molecule has 2 aliphatic rings. The van der Waals surface area contributed by atoms with Gasteiger partial charge in [0.15, 0.2) is 12.4 Å². The first-order valence-electron chi connectivity index (χ1n) is 11.8. The van der Waals surface area contributed by atoms with Crippen LogP contribution in [0.15, 0.2) is 36.7 Å². The van der Waals surface area contributed by atoms with E-state index in [4.69, 9.17) is 4.74 Å². The molecule has 2 aromatic heterocycles. The number of piperazine rings is 1. The Morgan fingerprint density at radius 3 is 2.62 bits per heavy atom. The van der Waals surface area contributed by atoms with Crippen LogP contribution in [0.5, 0.6) is 5.88 Å². The molecular formula is C24H34N6O2. The number of rotatable bonds is 8. The third kappa shape index (κ3) is 6.38. The van der Waals surface area contributed by atoms with Gasteiger partial charge >= 0.3 is 0 Å². The van der Waals surface area contributed by atoms with Crippen molar-refractivity contribution in [1.82, 2.24) is 25.4 Å². The Balaban J connectivity index is 1.18. The molecule has 2 fully saturated rings. The molecule has 32 heavy (non-hydrogen) atoms. The predicted octanol–water partition coefficient (Wildman–Crippen LogP) is 2.45. The zero-order valence-corrected chi connectivity index (χ0v) is 18.9. The Hall–Kier alpha value is -2.74. The van der Waals surface area contributed by atoms with E-state index in [1.807, 2.05) is 31.3 Å². The summed E-state index contributed by atoms with van der Waals surface area (Å²) in [6, 6.07) is 8.39. The minimum atomic E-state index is -0.175. The number of amides is 1. The van der Waals surface area contributed by atoms with Gasteiger partial charge in [0.05, 0.1) is 0 Å². The highest BCUT2D eigenvalue weighted by molar-refractivity contribution is 5.77. The number of pyridine rings is 1. The second-order valence-electron chi connectivity index (χ2n) is 8.87. The van der Waals surface area contributed by atoms with Gasteiger partial charge in [-0.15, -0.1) is 10.2 Å². The molecule has 1 saturated carbocycles. The van der Waals surface area contributed by atoms with E-state index in [0.717, 1.165) is 50.0 Å². The van der Waals surface area contributed by atoms with E-state index in [-0.39, 0.29) is 18.6 Å². The van der Waals surface area contributed by atoms with E-state index in [1.54, 1.807) is 12.3 Å². The van der Waals surface area contributed by atoms with Crippen molar-refractivity contribution in [2.75, 3.05) is 37.7 Å². The van der Waals surface area contributed by atoms with E-state index >= 15 is 0 Å². The first-order chi connectivity index (χ1) is 15.7. The number of hydrogen-bond donors (Lipinski definition) is 1. The van der Waals surface area contributed by atoms with Crippen LogP contribution in [-0.4, -0.2) is 70.9 Å². The van der Waals surface area contributed by atoms with Crippen molar-refractivity contribution in [3.05, 3.63) is 42.2 Å². The Kier molecular flexibility index (Phi) is 7.87. The van der Waals surface area contributed by atoms with Gasteiger partial charge in [-0.1, -0.05) is 25.3 Å². The SMILES string of the molecule is CC(Cc1cccnc1)NC(=O)COc1ccc(N2CCN(C3CCCCC3)CC2)nn1. The van der Waals surface area contributed by atoms with E-state index < -0.39 is 0 Å². The van der Waals surface area contributed by atoms with Crippen molar-refractivity contribution >= 4 is 11.7 Å². The first kappa shape index (κ1) is 22.5. The summed E-state index contributed by atoms with van der Waals surface area (Å²) in [5.74, 6) is 1.06. The van der Waals surface area contributed by atoms with Gasteiger partial charge in [-0.3, -0.25) is 14.7 Å². The van der Waals surface area contributed by atoms with Crippen molar-refractivity contribution < 1.29 is 9.53 Å². The molecule has 1 saturated heterocycles. The third-order valence-electron chi connectivity index (χ3n) is 6.38. The van der Waals surface area contributed by atoms with Crippen molar-refractivity contribution in [2.45, 2.75) is 57.5 Å². The molecule has 1 aliphatic carbocycles. The Morgan fingerprint density at radius 2 is 1.94 bits per heavy atom. The molecule has 1 N–H and O–H groups in total. The maximum atomic E-state index is 12.2. The Bertz CT molecular complexity index is 833. The lowest BCUT2D eigenvalue weighted by molar-refractivity contribution is -0.123. The van der Waals surface area contributed by atoms with Crippen LogP contribution in [0.3, 0.4) is 0 Å². The van der Waals surface area contributed by atoms with E-state index in [0.29, 0.717) is 5.88 Å². The molecule has 1 unspecified atom stereocenters. The molecule has 8 nitrogen and oxygen atoms in total. The summed E-state index contributed by atoms with van der Waals surface area (Å²) in [5.41, 5.74) is 1.09. The summed E-state index contributed by atoms with van der Waals surface area (Å²) in [7, 11) is 0. The van der Waals surface area contributed by atoms with Crippen LogP contribution >= 0.6 is 0 Å². The fourth-order valence-corrected chi connectivity index (χ4v) is 4.70. The van der Waals surface area contributed by atoms with Gasteiger partial charge in [0.25, 0.3) is 5.91 Å². The molecule has 1 amide bonds. The van der Waals surface area contributed by atoms with Crippen LogP contribution in [0.4, 0.5) is 5.82 Å². The maximum Gasteiger partial charge on any atom is 0.258 e. The molecule has 8 heteroatoms. The Labute approximate surface area is 190 Å². The molecule has 3 heterocycles. The zero-order valence-electron chi connectivity index (χ0n) is 18.9. The highest BCUT2D eigenvalue weighted by atomic mass is 16.5. The van der Waals surface area contributed by atoms with Gasteiger partial charge < -0.3 is 15.0 Å². The zero-order chi connectivity index (χ0) is 22.2. The molecule has 1 aliphatic heterocycles. The number of nitrogens with one attached hydrogen (secondary N) is 1.